The van der Waals surface area contributed by atoms with Crippen molar-refractivity contribution in [1.82, 2.24) is 19.2 Å². The summed E-state index contributed by atoms with van der Waals surface area (Å²) < 4.78 is 1.92. The number of imidazole rings is 1. The van der Waals surface area contributed by atoms with Gasteiger partial charge in [0.15, 0.2) is 0 Å². The maximum absolute atomic E-state index is 13.0. The van der Waals surface area contributed by atoms with Crippen LogP contribution < -0.4 is 4.90 Å². The Balaban J connectivity index is 2.00. The maximum Gasteiger partial charge on any atom is 0.255 e. The number of hydrogen-bond donors (Lipinski definition) is 0. The van der Waals surface area contributed by atoms with Crippen LogP contribution in [0.5, 0.6) is 0 Å². The molecule has 3 rings (SSSR count). The van der Waals surface area contributed by atoms with Crippen LogP contribution in [-0.2, 0) is 11.2 Å². The van der Waals surface area contributed by atoms with Gasteiger partial charge in [0, 0.05) is 45.8 Å². The molecule has 2 amide bonds. The Bertz CT molecular complexity index is 852. The Morgan fingerprint density at radius 3 is 2.46 bits per heavy atom. The topological polar surface area (TPSA) is 61.2 Å². The zero-order chi connectivity index (χ0) is 20.3. The standard InChI is InChI=1S/C21H31N5O2/c1-5-7-10-25(16(3)27)20-18(6-2)22-19-9-8-17(15-26(19)20)21(28)24-13-11-23(4)12-14-24/h8-9,15H,5-7,10-14H2,1-4H3. The van der Waals surface area contributed by atoms with E-state index in [9.17, 15) is 9.59 Å². The number of aryl methyl sites for hydroxylation is 1. The van der Waals surface area contributed by atoms with Crippen LogP contribution in [0.15, 0.2) is 18.3 Å². The molecule has 0 spiro atoms. The molecule has 0 atom stereocenters. The van der Waals surface area contributed by atoms with E-state index < -0.39 is 0 Å². The average Bonchev–Trinajstić information content (AvgIpc) is 3.06. The molecular formula is C21H31N5O2. The number of rotatable bonds is 6. The van der Waals surface area contributed by atoms with Gasteiger partial charge in [-0.3, -0.25) is 18.9 Å². The fourth-order valence-corrected chi connectivity index (χ4v) is 3.65. The molecule has 152 valence electrons. The highest BCUT2D eigenvalue weighted by molar-refractivity contribution is 5.95. The molecule has 0 aliphatic carbocycles. The van der Waals surface area contributed by atoms with E-state index in [2.05, 4.69) is 18.9 Å². The molecule has 1 aliphatic heterocycles. The van der Waals surface area contributed by atoms with Gasteiger partial charge in [0.2, 0.25) is 5.91 Å². The van der Waals surface area contributed by atoms with Crippen LogP contribution in [0.25, 0.3) is 5.65 Å². The van der Waals surface area contributed by atoms with E-state index in [0.29, 0.717) is 12.1 Å². The van der Waals surface area contributed by atoms with Gasteiger partial charge >= 0.3 is 0 Å². The van der Waals surface area contributed by atoms with Crippen LogP contribution in [0.3, 0.4) is 0 Å². The molecule has 28 heavy (non-hydrogen) atoms. The number of piperazine rings is 1. The number of anilines is 1. The molecule has 0 unspecified atom stereocenters. The fraction of sp³-hybridized carbons (Fsp3) is 0.571. The van der Waals surface area contributed by atoms with Gasteiger partial charge in [0.05, 0.1) is 11.3 Å². The fourth-order valence-electron chi connectivity index (χ4n) is 3.65. The Hall–Kier alpha value is -2.41. The van der Waals surface area contributed by atoms with Crippen molar-refractivity contribution in [1.29, 1.82) is 0 Å². The molecule has 0 aromatic carbocycles. The van der Waals surface area contributed by atoms with Gasteiger partial charge in [-0.1, -0.05) is 20.3 Å². The lowest BCUT2D eigenvalue weighted by Crippen LogP contribution is -2.47. The number of nitrogens with zero attached hydrogens (tertiary/aromatic N) is 5. The first-order valence-electron chi connectivity index (χ1n) is 10.2. The van der Waals surface area contributed by atoms with E-state index in [1.807, 2.05) is 34.6 Å². The van der Waals surface area contributed by atoms with Crippen molar-refractivity contribution >= 4 is 23.3 Å². The van der Waals surface area contributed by atoms with E-state index in [-0.39, 0.29) is 11.8 Å². The second-order valence-corrected chi connectivity index (χ2v) is 7.50. The molecular weight excluding hydrogens is 354 g/mol. The Kier molecular flexibility index (Phi) is 6.34. The number of amides is 2. The third-order valence-electron chi connectivity index (χ3n) is 5.41. The zero-order valence-electron chi connectivity index (χ0n) is 17.4. The van der Waals surface area contributed by atoms with Gasteiger partial charge in [-0.05, 0) is 32.0 Å². The number of fused-ring (bicyclic) bond motifs is 1. The van der Waals surface area contributed by atoms with Crippen molar-refractivity contribution in [3.05, 3.63) is 29.6 Å². The number of carbonyl (C=O) groups excluding carboxylic acids is 2. The lowest BCUT2D eigenvalue weighted by molar-refractivity contribution is -0.116. The van der Waals surface area contributed by atoms with Crippen LogP contribution in [0.1, 0.15) is 49.7 Å². The predicted octanol–water partition coefficient (Wildman–Crippen LogP) is 2.44. The summed E-state index contributed by atoms with van der Waals surface area (Å²) in [6.45, 7) is 9.65. The van der Waals surface area contributed by atoms with Gasteiger partial charge in [0.1, 0.15) is 11.5 Å². The molecule has 0 bridgehead atoms. The number of unbranched alkanes of at least 4 members (excludes halogenated alkanes) is 1. The lowest BCUT2D eigenvalue weighted by Gasteiger charge is -2.32. The van der Waals surface area contributed by atoms with Crippen LogP contribution >= 0.6 is 0 Å². The van der Waals surface area contributed by atoms with Crippen LogP contribution in [0, 0.1) is 0 Å². The Morgan fingerprint density at radius 2 is 1.86 bits per heavy atom. The first kappa shape index (κ1) is 20.3. The van der Waals surface area contributed by atoms with Gasteiger partial charge in [-0.15, -0.1) is 0 Å². The molecule has 7 nitrogen and oxygen atoms in total. The third-order valence-corrected chi connectivity index (χ3v) is 5.41. The van der Waals surface area contributed by atoms with Crippen molar-refractivity contribution in [3.8, 4) is 0 Å². The molecule has 0 radical (unpaired) electrons. The van der Waals surface area contributed by atoms with Gasteiger partial charge < -0.3 is 9.80 Å². The number of hydrogen-bond acceptors (Lipinski definition) is 4. The van der Waals surface area contributed by atoms with Gasteiger partial charge in [-0.2, -0.15) is 0 Å². The van der Waals surface area contributed by atoms with E-state index in [1.165, 1.54) is 0 Å². The summed E-state index contributed by atoms with van der Waals surface area (Å²) in [6, 6.07) is 3.72. The van der Waals surface area contributed by atoms with Crippen molar-refractivity contribution in [3.63, 3.8) is 0 Å². The molecule has 0 N–H and O–H groups in total. The number of aromatic nitrogens is 2. The van der Waals surface area contributed by atoms with E-state index in [1.54, 1.807) is 11.8 Å². The van der Waals surface area contributed by atoms with Crippen molar-refractivity contribution in [2.75, 3.05) is 44.7 Å². The summed E-state index contributed by atoms with van der Waals surface area (Å²) in [5.74, 6) is 0.836. The quantitative estimate of drug-likeness (QED) is 0.766. The van der Waals surface area contributed by atoms with Crippen molar-refractivity contribution < 1.29 is 9.59 Å². The molecule has 1 fully saturated rings. The molecule has 7 heteroatoms. The molecule has 1 saturated heterocycles. The highest BCUT2D eigenvalue weighted by atomic mass is 16.2. The van der Waals surface area contributed by atoms with Crippen molar-refractivity contribution in [2.45, 2.75) is 40.0 Å². The second kappa shape index (κ2) is 8.73. The minimum Gasteiger partial charge on any atom is -0.336 e. The molecule has 1 aliphatic rings. The van der Waals surface area contributed by atoms with E-state index in [4.69, 9.17) is 4.98 Å². The number of pyridine rings is 1. The lowest BCUT2D eigenvalue weighted by atomic mass is 10.2. The van der Waals surface area contributed by atoms with Crippen LogP contribution in [0.4, 0.5) is 5.82 Å². The smallest absolute Gasteiger partial charge is 0.255 e. The zero-order valence-corrected chi connectivity index (χ0v) is 17.4. The summed E-state index contributed by atoms with van der Waals surface area (Å²) in [5, 5.41) is 0. The highest BCUT2D eigenvalue weighted by Gasteiger charge is 2.24. The highest BCUT2D eigenvalue weighted by Crippen LogP contribution is 2.25. The number of likely N-dealkylation sites (N-methyl/N-ethyl adjacent to an activating group) is 1. The van der Waals surface area contributed by atoms with Gasteiger partial charge in [-0.25, -0.2) is 4.98 Å². The summed E-state index contributed by atoms with van der Waals surface area (Å²) in [4.78, 5) is 36.0. The summed E-state index contributed by atoms with van der Waals surface area (Å²) >= 11 is 0. The summed E-state index contributed by atoms with van der Waals surface area (Å²) in [5.41, 5.74) is 2.29. The molecule has 2 aromatic heterocycles. The minimum absolute atomic E-state index is 0.000692. The third kappa shape index (κ3) is 4.04. The molecule has 3 heterocycles. The normalized spacial score (nSPS) is 15.2. The summed E-state index contributed by atoms with van der Waals surface area (Å²) in [7, 11) is 2.07. The number of carbonyl (C=O) groups is 2. The first-order chi connectivity index (χ1) is 13.5. The van der Waals surface area contributed by atoms with Gasteiger partial charge in [0.25, 0.3) is 5.91 Å². The first-order valence-corrected chi connectivity index (χ1v) is 10.2. The monoisotopic (exact) mass is 385 g/mol. The van der Waals surface area contributed by atoms with E-state index >= 15 is 0 Å². The Labute approximate surface area is 166 Å². The molecule has 0 saturated carbocycles. The largest absolute Gasteiger partial charge is 0.336 e. The van der Waals surface area contributed by atoms with Crippen LogP contribution in [0.2, 0.25) is 0 Å². The molecule has 2 aromatic rings. The second-order valence-electron chi connectivity index (χ2n) is 7.50. The SMILES string of the molecule is CCCCN(C(C)=O)c1c(CC)nc2ccc(C(=O)N3CCN(C)CC3)cn12. The predicted molar refractivity (Wildman–Crippen MR) is 111 cm³/mol. The van der Waals surface area contributed by atoms with Crippen molar-refractivity contribution in [2.24, 2.45) is 0 Å². The maximum atomic E-state index is 13.0. The average molecular weight is 386 g/mol. The van der Waals surface area contributed by atoms with Crippen LogP contribution in [-0.4, -0.2) is 70.8 Å². The Morgan fingerprint density at radius 1 is 1.14 bits per heavy atom. The minimum atomic E-state index is 0.000692. The summed E-state index contributed by atoms with van der Waals surface area (Å²) in [6.07, 6.45) is 4.51. The van der Waals surface area contributed by atoms with E-state index in [0.717, 1.165) is 62.6 Å².